The lowest BCUT2D eigenvalue weighted by molar-refractivity contribution is 0.0490. The number of rotatable bonds is 6. The number of carbonyl (C=O) groups excluding carboxylic acids is 1. The molecular formula is C14H29N3O4S. The molecule has 1 amide bonds. The molecule has 7 nitrogen and oxygen atoms in total. The van der Waals surface area contributed by atoms with Crippen molar-refractivity contribution in [2.75, 3.05) is 19.3 Å². The third kappa shape index (κ3) is 9.22. The zero-order valence-corrected chi connectivity index (χ0v) is 14.8. The van der Waals surface area contributed by atoms with E-state index in [0.717, 1.165) is 31.9 Å². The molecule has 8 heteroatoms. The Labute approximate surface area is 133 Å². The molecule has 1 fully saturated rings. The molecule has 0 aromatic carbocycles. The predicted molar refractivity (Wildman–Crippen MR) is 86.3 cm³/mol. The Morgan fingerprint density at radius 3 is 2.14 bits per heavy atom. The van der Waals surface area contributed by atoms with Crippen molar-refractivity contribution in [3.63, 3.8) is 0 Å². The van der Waals surface area contributed by atoms with E-state index in [1.54, 1.807) is 0 Å². The second kappa shape index (κ2) is 8.12. The van der Waals surface area contributed by atoms with Crippen LogP contribution in [0, 0.1) is 0 Å². The zero-order chi connectivity index (χ0) is 16.8. The molecule has 1 rings (SSSR count). The van der Waals surface area contributed by atoms with E-state index in [-0.39, 0.29) is 12.1 Å². The van der Waals surface area contributed by atoms with Gasteiger partial charge in [0, 0.05) is 25.2 Å². The van der Waals surface area contributed by atoms with Gasteiger partial charge in [-0.2, -0.15) is 0 Å². The number of nitrogens with one attached hydrogen (secondary N) is 3. The van der Waals surface area contributed by atoms with Gasteiger partial charge in [0.1, 0.15) is 5.60 Å². The molecule has 0 aromatic rings. The van der Waals surface area contributed by atoms with Crippen molar-refractivity contribution in [2.24, 2.45) is 0 Å². The Morgan fingerprint density at radius 2 is 1.64 bits per heavy atom. The number of carbonyl (C=O) groups is 1. The Balaban J connectivity index is 2.17. The van der Waals surface area contributed by atoms with E-state index < -0.39 is 15.6 Å². The summed E-state index contributed by atoms with van der Waals surface area (Å²) in [4.78, 5) is 11.7. The SMILES string of the molecule is CC(C)(C)OC(=O)NC1CCC(NCCNS(C)(=O)=O)CC1. The predicted octanol–water partition coefficient (Wildman–Crippen LogP) is 0.961. The van der Waals surface area contributed by atoms with Crippen molar-refractivity contribution in [1.29, 1.82) is 0 Å². The monoisotopic (exact) mass is 335 g/mol. The Hall–Kier alpha value is -0.860. The van der Waals surface area contributed by atoms with Gasteiger partial charge >= 0.3 is 6.09 Å². The second-order valence-corrected chi connectivity index (χ2v) is 8.65. The summed E-state index contributed by atoms with van der Waals surface area (Å²) in [6.07, 6.45) is 4.51. The summed E-state index contributed by atoms with van der Waals surface area (Å²) in [5, 5.41) is 6.24. The normalized spacial score (nSPS) is 23.1. The third-order valence-electron chi connectivity index (χ3n) is 3.37. The fourth-order valence-corrected chi connectivity index (χ4v) is 2.90. The topological polar surface area (TPSA) is 96.5 Å². The van der Waals surface area contributed by atoms with Gasteiger partial charge in [0.05, 0.1) is 6.26 Å². The van der Waals surface area contributed by atoms with E-state index in [4.69, 9.17) is 4.74 Å². The lowest BCUT2D eigenvalue weighted by Crippen LogP contribution is -2.45. The number of ether oxygens (including phenoxy) is 1. The first-order valence-electron chi connectivity index (χ1n) is 7.73. The Kier molecular flexibility index (Phi) is 7.08. The maximum Gasteiger partial charge on any atom is 0.407 e. The van der Waals surface area contributed by atoms with Crippen LogP contribution in [0.5, 0.6) is 0 Å². The lowest BCUT2D eigenvalue weighted by atomic mass is 9.91. The van der Waals surface area contributed by atoms with E-state index in [2.05, 4.69) is 15.4 Å². The number of amides is 1. The molecule has 0 radical (unpaired) electrons. The molecule has 0 aliphatic heterocycles. The van der Waals surface area contributed by atoms with Crippen LogP contribution in [-0.4, -0.2) is 51.5 Å². The summed E-state index contributed by atoms with van der Waals surface area (Å²) < 4.78 is 29.6. The van der Waals surface area contributed by atoms with E-state index in [1.165, 1.54) is 0 Å². The first kappa shape index (κ1) is 19.2. The van der Waals surface area contributed by atoms with E-state index in [0.29, 0.717) is 19.1 Å². The Morgan fingerprint density at radius 1 is 1.09 bits per heavy atom. The molecule has 22 heavy (non-hydrogen) atoms. The van der Waals surface area contributed by atoms with Crippen LogP contribution in [0.4, 0.5) is 4.79 Å². The van der Waals surface area contributed by atoms with Gasteiger partial charge in [-0.1, -0.05) is 0 Å². The van der Waals surface area contributed by atoms with E-state index in [1.807, 2.05) is 20.8 Å². The quantitative estimate of drug-likeness (QED) is 0.628. The largest absolute Gasteiger partial charge is 0.444 e. The zero-order valence-electron chi connectivity index (χ0n) is 13.9. The standard InChI is InChI=1S/C14H29N3O4S/c1-14(2,3)21-13(18)17-12-7-5-11(6-8-12)15-9-10-16-22(4,19)20/h11-12,15-16H,5-10H2,1-4H3,(H,17,18). The molecular weight excluding hydrogens is 306 g/mol. The minimum atomic E-state index is -3.12. The van der Waals surface area contributed by atoms with Crippen molar-refractivity contribution in [3.8, 4) is 0 Å². The van der Waals surface area contributed by atoms with Gasteiger partial charge in [0.2, 0.25) is 10.0 Å². The Bertz CT molecular complexity index is 451. The molecule has 0 saturated heterocycles. The summed E-state index contributed by atoms with van der Waals surface area (Å²) in [6, 6.07) is 0.528. The van der Waals surface area contributed by atoms with Crippen LogP contribution in [0.25, 0.3) is 0 Å². The average molecular weight is 335 g/mol. The van der Waals surface area contributed by atoms with Crippen molar-refractivity contribution >= 4 is 16.1 Å². The fraction of sp³-hybridized carbons (Fsp3) is 0.929. The molecule has 0 aromatic heterocycles. The van der Waals surface area contributed by atoms with Crippen molar-refractivity contribution in [1.82, 2.24) is 15.4 Å². The highest BCUT2D eigenvalue weighted by Gasteiger charge is 2.24. The van der Waals surface area contributed by atoms with Gasteiger partial charge in [0.15, 0.2) is 0 Å². The smallest absolute Gasteiger partial charge is 0.407 e. The van der Waals surface area contributed by atoms with Gasteiger partial charge in [0.25, 0.3) is 0 Å². The number of sulfonamides is 1. The highest BCUT2D eigenvalue weighted by atomic mass is 32.2. The van der Waals surface area contributed by atoms with Gasteiger partial charge in [-0.25, -0.2) is 17.9 Å². The minimum absolute atomic E-state index is 0.155. The van der Waals surface area contributed by atoms with Gasteiger partial charge in [-0.3, -0.25) is 0 Å². The van der Waals surface area contributed by atoms with Crippen LogP contribution in [0.3, 0.4) is 0 Å². The third-order valence-corrected chi connectivity index (χ3v) is 4.10. The molecule has 0 unspecified atom stereocenters. The second-order valence-electron chi connectivity index (χ2n) is 6.82. The molecule has 3 N–H and O–H groups in total. The molecule has 1 aliphatic rings. The summed E-state index contributed by atoms with van der Waals surface area (Å²) in [7, 11) is -3.12. The van der Waals surface area contributed by atoms with Crippen LogP contribution < -0.4 is 15.4 Å². The number of hydrogen-bond donors (Lipinski definition) is 3. The van der Waals surface area contributed by atoms with E-state index >= 15 is 0 Å². The molecule has 0 atom stereocenters. The van der Waals surface area contributed by atoms with Gasteiger partial charge < -0.3 is 15.4 Å². The lowest BCUT2D eigenvalue weighted by Gasteiger charge is -2.30. The molecule has 1 aliphatic carbocycles. The summed E-state index contributed by atoms with van der Waals surface area (Å²) in [6.45, 7) is 6.55. The summed E-state index contributed by atoms with van der Waals surface area (Å²) in [5.74, 6) is 0. The number of alkyl carbamates (subject to hydrolysis) is 1. The van der Waals surface area contributed by atoms with E-state index in [9.17, 15) is 13.2 Å². The maximum atomic E-state index is 11.7. The molecule has 130 valence electrons. The minimum Gasteiger partial charge on any atom is -0.444 e. The fourth-order valence-electron chi connectivity index (χ4n) is 2.43. The van der Waals surface area contributed by atoms with Gasteiger partial charge in [-0.15, -0.1) is 0 Å². The van der Waals surface area contributed by atoms with Crippen LogP contribution in [0.2, 0.25) is 0 Å². The van der Waals surface area contributed by atoms with Crippen LogP contribution in [0.1, 0.15) is 46.5 Å². The van der Waals surface area contributed by atoms with Crippen LogP contribution in [0.15, 0.2) is 0 Å². The number of hydrogen-bond acceptors (Lipinski definition) is 5. The molecule has 0 heterocycles. The van der Waals surface area contributed by atoms with Crippen molar-refractivity contribution < 1.29 is 17.9 Å². The average Bonchev–Trinajstić information content (AvgIpc) is 2.33. The van der Waals surface area contributed by atoms with Crippen LogP contribution >= 0.6 is 0 Å². The molecule has 0 bridgehead atoms. The first-order chi connectivity index (χ1) is 10.1. The summed E-state index contributed by atoms with van der Waals surface area (Å²) in [5.41, 5.74) is -0.477. The maximum absolute atomic E-state index is 11.7. The highest BCUT2D eigenvalue weighted by Crippen LogP contribution is 2.19. The first-order valence-corrected chi connectivity index (χ1v) is 9.62. The summed E-state index contributed by atoms with van der Waals surface area (Å²) >= 11 is 0. The van der Waals surface area contributed by atoms with Crippen molar-refractivity contribution in [2.45, 2.75) is 64.1 Å². The molecule has 1 saturated carbocycles. The molecule has 0 spiro atoms. The van der Waals surface area contributed by atoms with Gasteiger partial charge in [-0.05, 0) is 46.5 Å². The van der Waals surface area contributed by atoms with Crippen LogP contribution in [-0.2, 0) is 14.8 Å². The highest BCUT2D eigenvalue weighted by molar-refractivity contribution is 7.88. The van der Waals surface area contributed by atoms with Crippen molar-refractivity contribution in [3.05, 3.63) is 0 Å².